The first-order valence-corrected chi connectivity index (χ1v) is 10.7. The summed E-state index contributed by atoms with van der Waals surface area (Å²) in [5.74, 6) is -1.89. The van der Waals surface area contributed by atoms with Crippen LogP contribution < -0.4 is 20.8 Å². The van der Waals surface area contributed by atoms with Crippen molar-refractivity contribution in [1.29, 1.82) is 0 Å². The summed E-state index contributed by atoms with van der Waals surface area (Å²) in [4.78, 5) is 35.9. The molecule has 34 heavy (non-hydrogen) atoms. The Hall–Kier alpha value is -3.88. The highest BCUT2D eigenvalue weighted by Crippen LogP contribution is 2.25. The van der Waals surface area contributed by atoms with Gasteiger partial charge in [-0.3, -0.25) is 14.4 Å². The molecule has 0 aliphatic rings. The summed E-state index contributed by atoms with van der Waals surface area (Å²) in [5, 5.41) is 9.54. The third kappa shape index (κ3) is 7.33. The van der Waals surface area contributed by atoms with Crippen molar-refractivity contribution >= 4 is 58.5 Å². The number of hydrogen-bond donors (Lipinski definition) is 3. The number of anilines is 2. The maximum atomic E-state index is 12.1. The molecule has 10 heteroatoms. The SMILES string of the molecule is Cc1cccc(NC(=O)C(=O)N/N=C\c2ccc(OCC(=O)Nc3ccccc3Cl)c(Cl)c2)c1. The van der Waals surface area contributed by atoms with Gasteiger partial charge in [0.1, 0.15) is 5.75 Å². The number of carbonyl (C=O) groups is 3. The minimum absolute atomic E-state index is 0.234. The Morgan fingerprint density at radius 3 is 2.44 bits per heavy atom. The average Bonchev–Trinajstić information content (AvgIpc) is 2.80. The monoisotopic (exact) mass is 498 g/mol. The van der Waals surface area contributed by atoms with Crippen molar-refractivity contribution in [2.45, 2.75) is 6.92 Å². The summed E-state index contributed by atoms with van der Waals surface area (Å²) in [6.45, 7) is 1.60. The Balaban J connectivity index is 1.49. The number of hydrogen-bond acceptors (Lipinski definition) is 5. The summed E-state index contributed by atoms with van der Waals surface area (Å²) in [7, 11) is 0. The number of benzene rings is 3. The van der Waals surface area contributed by atoms with Crippen molar-refractivity contribution < 1.29 is 19.1 Å². The van der Waals surface area contributed by atoms with E-state index in [1.165, 1.54) is 12.3 Å². The van der Waals surface area contributed by atoms with Gasteiger partial charge in [0.15, 0.2) is 6.61 Å². The molecule has 0 unspecified atom stereocenters. The average molecular weight is 499 g/mol. The first-order valence-electron chi connectivity index (χ1n) is 9.99. The van der Waals surface area contributed by atoms with E-state index >= 15 is 0 Å². The van der Waals surface area contributed by atoms with Crippen LogP contribution in [0.2, 0.25) is 10.0 Å². The molecule has 0 aliphatic carbocycles. The molecular weight excluding hydrogens is 479 g/mol. The predicted octanol–water partition coefficient (Wildman–Crippen LogP) is 4.41. The van der Waals surface area contributed by atoms with Gasteiger partial charge < -0.3 is 15.4 Å². The number of rotatable bonds is 7. The number of aryl methyl sites for hydroxylation is 1. The molecule has 0 saturated heterocycles. The van der Waals surface area contributed by atoms with Gasteiger partial charge in [-0.1, -0.05) is 47.5 Å². The van der Waals surface area contributed by atoms with E-state index in [0.717, 1.165) is 5.56 Å². The molecule has 0 heterocycles. The van der Waals surface area contributed by atoms with E-state index in [4.69, 9.17) is 27.9 Å². The van der Waals surface area contributed by atoms with Crippen molar-refractivity contribution in [1.82, 2.24) is 5.43 Å². The van der Waals surface area contributed by atoms with Crippen molar-refractivity contribution in [2.24, 2.45) is 5.10 Å². The van der Waals surface area contributed by atoms with Gasteiger partial charge in [-0.25, -0.2) is 5.43 Å². The number of nitrogens with zero attached hydrogens (tertiary/aromatic N) is 1. The van der Waals surface area contributed by atoms with E-state index < -0.39 is 17.7 Å². The molecule has 3 amide bonds. The maximum Gasteiger partial charge on any atom is 0.329 e. The molecule has 8 nitrogen and oxygen atoms in total. The molecule has 3 aromatic rings. The van der Waals surface area contributed by atoms with Crippen molar-refractivity contribution in [3.05, 3.63) is 87.9 Å². The number of hydrazone groups is 1. The molecule has 0 radical (unpaired) electrons. The number of halogens is 2. The lowest BCUT2D eigenvalue weighted by Crippen LogP contribution is -2.32. The van der Waals surface area contributed by atoms with Crippen molar-refractivity contribution in [3.63, 3.8) is 0 Å². The summed E-state index contributed by atoms with van der Waals surface area (Å²) >= 11 is 12.2. The lowest BCUT2D eigenvalue weighted by atomic mass is 10.2. The first-order chi connectivity index (χ1) is 16.3. The topological polar surface area (TPSA) is 109 Å². The Labute approximate surface area is 205 Å². The van der Waals surface area contributed by atoms with Crippen LogP contribution in [0.1, 0.15) is 11.1 Å². The second-order valence-electron chi connectivity index (χ2n) is 7.03. The van der Waals surface area contributed by atoms with Gasteiger partial charge in [0.2, 0.25) is 0 Å². The lowest BCUT2D eigenvalue weighted by molar-refractivity contribution is -0.136. The zero-order valence-electron chi connectivity index (χ0n) is 18.0. The fourth-order valence-corrected chi connectivity index (χ4v) is 3.16. The van der Waals surface area contributed by atoms with E-state index in [1.807, 2.05) is 13.0 Å². The first kappa shape index (κ1) is 24.8. The fraction of sp³-hybridized carbons (Fsp3) is 0.0833. The zero-order valence-corrected chi connectivity index (χ0v) is 19.5. The highest BCUT2D eigenvalue weighted by Gasteiger charge is 2.13. The van der Waals surface area contributed by atoms with Gasteiger partial charge in [-0.05, 0) is 60.5 Å². The standard InChI is InChI=1S/C24H20Cl2N4O4/c1-15-5-4-6-17(11-15)28-23(32)24(33)30-27-13-16-9-10-21(19(26)12-16)34-14-22(31)29-20-8-3-2-7-18(20)25/h2-13H,14H2,1H3,(H,28,32)(H,29,31)(H,30,33)/b27-13-. The molecule has 0 atom stereocenters. The molecule has 0 aromatic heterocycles. The third-order valence-electron chi connectivity index (χ3n) is 4.32. The minimum Gasteiger partial charge on any atom is -0.482 e. The normalized spacial score (nSPS) is 10.6. The highest BCUT2D eigenvalue weighted by atomic mass is 35.5. The third-order valence-corrected chi connectivity index (χ3v) is 4.95. The van der Waals surface area contributed by atoms with E-state index in [-0.39, 0.29) is 17.4 Å². The van der Waals surface area contributed by atoms with Crippen molar-refractivity contribution in [2.75, 3.05) is 17.2 Å². The fourth-order valence-electron chi connectivity index (χ4n) is 2.73. The second-order valence-corrected chi connectivity index (χ2v) is 7.84. The van der Waals surface area contributed by atoms with Crippen LogP contribution in [0.4, 0.5) is 11.4 Å². The minimum atomic E-state index is -0.923. The van der Waals surface area contributed by atoms with Gasteiger partial charge in [0.05, 0.1) is 21.9 Å². The number of para-hydroxylation sites is 1. The Morgan fingerprint density at radius 2 is 1.71 bits per heavy atom. The van der Waals surface area contributed by atoms with E-state index in [1.54, 1.807) is 54.6 Å². The molecule has 174 valence electrons. The molecule has 0 aliphatic heterocycles. The Bertz CT molecular complexity index is 1250. The predicted molar refractivity (Wildman–Crippen MR) is 133 cm³/mol. The summed E-state index contributed by atoms with van der Waals surface area (Å²) in [5.41, 5.74) is 4.62. The largest absolute Gasteiger partial charge is 0.482 e. The molecule has 0 saturated carbocycles. The highest BCUT2D eigenvalue weighted by molar-refractivity contribution is 6.39. The molecule has 3 aromatic carbocycles. The second kappa shape index (κ2) is 11.8. The lowest BCUT2D eigenvalue weighted by Gasteiger charge is -2.10. The van der Waals surface area contributed by atoms with Crippen LogP contribution >= 0.6 is 23.2 Å². The van der Waals surface area contributed by atoms with Gasteiger partial charge in [-0.15, -0.1) is 0 Å². The van der Waals surface area contributed by atoms with Crippen LogP contribution in [-0.2, 0) is 14.4 Å². The molecular formula is C24H20Cl2N4O4. The Morgan fingerprint density at radius 1 is 0.912 bits per heavy atom. The Kier molecular flexibility index (Phi) is 8.61. The molecule has 0 bridgehead atoms. The zero-order chi connectivity index (χ0) is 24.5. The summed E-state index contributed by atoms with van der Waals surface area (Å²) < 4.78 is 5.45. The number of carbonyl (C=O) groups excluding carboxylic acids is 3. The van der Waals surface area contributed by atoms with Crippen LogP contribution in [0.15, 0.2) is 71.8 Å². The van der Waals surface area contributed by atoms with Crippen LogP contribution in [0.5, 0.6) is 5.75 Å². The maximum absolute atomic E-state index is 12.1. The van der Waals surface area contributed by atoms with E-state index in [2.05, 4.69) is 21.2 Å². The smallest absolute Gasteiger partial charge is 0.329 e. The summed E-state index contributed by atoms with van der Waals surface area (Å²) in [6, 6.07) is 18.6. The van der Waals surface area contributed by atoms with E-state index in [9.17, 15) is 14.4 Å². The quantitative estimate of drug-likeness (QED) is 0.254. The van der Waals surface area contributed by atoms with Gasteiger partial charge >= 0.3 is 11.8 Å². The number of nitrogens with one attached hydrogen (secondary N) is 3. The van der Waals surface area contributed by atoms with Crippen molar-refractivity contribution in [3.8, 4) is 5.75 Å². The van der Waals surface area contributed by atoms with Crippen LogP contribution in [0.25, 0.3) is 0 Å². The van der Waals surface area contributed by atoms with Crippen LogP contribution in [0.3, 0.4) is 0 Å². The number of amides is 3. The molecule has 0 spiro atoms. The molecule has 3 rings (SSSR count). The van der Waals surface area contributed by atoms with Gasteiger partial charge in [0.25, 0.3) is 5.91 Å². The molecule has 3 N–H and O–H groups in total. The van der Waals surface area contributed by atoms with Crippen LogP contribution in [0, 0.1) is 6.92 Å². The molecule has 0 fully saturated rings. The van der Waals surface area contributed by atoms with E-state index in [0.29, 0.717) is 22.0 Å². The summed E-state index contributed by atoms with van der Waals surface area (Å²) in [6.07, 6.45) is 1.32. The van der Waals surface area contributed by atoms with Gasteiger partial charge in [-0.2, -0.15) is 5.10 Å². The van der Waals surface area contributed by atoms with Crippen LogP contribution in [-0.4, -0.2) is 30.5 Å². The van der Waals surface area contributed by atoms with Gasteiger partial charge in [0, 0.05) is 5.69 Å². The number of ether oxygens (including phenoxy) is 1.